The molecule has 2 rings (SSSR count). The Hall–Kier alpha value is -1.62. The van der Waals surface area contributed by atoms with Crippen molar-refractivity contribution in [2.75, 3.05) is 11.2 Å². The zero-order chi connectivity index (χ0) is 12.1. The summed E-state index contributed by atoms with van der Waals surface area (Å²) in [6, 6.07) is 8.18. The van der Waals surface area contributed by atoms with Gasteiger partial charge >= 0.3 is 0 Å². The molecular weight excluding hydrogens is 238 g/mol. The largest absolute Gasteiger partial charge is 0.378 e. The lowest BCUT2D eigenvalue weighted by Gasteiger charge is -2.04. The number of halogens is 1. The maximum Gasteiger partial charge on any atom is 0.193 e. The van der Waals surface area contributed by atoms with Crippen LogP contribution in [0.25, 0.3) is 0 Å². The van der Waals surface area contributed by atoms with Crippen LogP contribution in [0.2, 0.25) is 0 Å². The first-order valence-electron chi connectivity index (χ1n) is 5.39. The first kappa shape index (κ1) is 11.9. The molecule has 0 saturated carbocycles. The Bertz CT molecular complexity index is 465. The third-order valence-electron chi connectivity index (χ3n) is 2.34. The molecule has 0 bridgehead atoms. The van der Waals surface area contributed by atoms with Gasteiger partial charge in [0.15, 0.2) is 5.82 Å². The predicted molar refractivity (Wildman–Crippen MR) is 67.0 cm³/mol. The van der Waals surface area contributed by atoms with Gasteiger partial charge in [0.2, 0.25) is 0 Å². The number of anilines is 1. The minimum atomic E-state index is 0.572. The Balaban J connectivity index is 1.90. The van der Waals surface area contributed by atoms with E-state index in [0.717, 1.165) is 12.1 Å². The Kier molecular flexibility index (Phi) is 3.93. The van der Waals surface area contributed by atoms with Crippen molar-refractivity contribution in [3.8, 4) is 0 Å². The van der Waals surface area contributed by atoms with Crippen LogP contribution < -0.4 is 5.32 Å². The number of aromatic nitrogens is 4. The number of rotatable bonds is 5. The lowest BCUT2D eigenvalue weighted by Crippen LogP contribution is -2.02. The zero-order valence-corrected chi connectivity index (χ0v) is 10.4. The van der Waals surface area contributed by atoms with E-state index in [1.807, 2.05) is 12.1 Å². The summed E-state index contributed by atoms with van der Waals surface area (Å²) >= 11 is 5.68. The van der Waals surface area contributed by atoms with Gasteiger partial charge in [-0.15, -0.1) is 21.8 Å². The summed E-state index contributed by atoms with van der Waals surface area (Å²) in [4.78, 5) is 1.45. The quantitative estimate of drug-likeness (QED) is 0.821. The smallest absolute Gasteiger partial charge is 0.193 e. The van der Waals surface area contributed by atoms with E-state index >= 15 is 0 Å². The van der Waals surface area contributed by atoms with Crippen LogP contribution in [0.3, 0.4) is 0 Å². The van der Waals surface area contributed by atoms with Crippen molar-refractivity contribution in [1.82, 2.24) is 20.2 Å². The van der Waals surface area contributed by atoms with Crippen LogP contribution in [0.5, 0.6) is 0 Å². The molecule has 0 spiro atoms. The summed E-state index contributed by atoms with van der Waals surface area (Å²) in [5.41, 5.74) is 2.28. The number of tetrazole rings is 1. The van der Waals surface area contributed by atoms with Crippen LogP contribution in [-0.2, 0) is 20.0 Å². The second-order valence-corrected chi connectivity index (χ2v) is 4.06. The minimum Gasteiger partial charge on any atom is -0.378 e. The highest BCUT2D eigenvalue weighted by molar-refractivity contribution is 6.17. The normalized spacial score (nSPS) is 10.5. The number of aryl methyl sites for hydroxylation is 2. The third-order valence-corrected chi connectivity index (χ3v) is 2.53. The van der Waals surface area contributed by atoms with Crippen LogP contribution in [-0.4, -0.2) is 26.1 Å². The minimum absolute atomic E-state index is 0.572. The molecule has 90 valence electrons. The second kappa shape index (κ2) is 5.63. The fourth-order valence-electron chi connectivity index (χ4n) is 1.47. The molecule has 1 N–H and O–H groups in total. The molecule has 1 aromatic carbocycles. The van der Waals surface area contributed by atoms with Gasteiger partial charge in [0.25, 0.3) is 0 Å². The average Bonchev–Trinajstić information content (AvgIpc) is 2.75. The SMILES string of the molecule is Cn1nnc(CNc2ccc(CCCl)cc2)n1. The third kappa shape index (κ3) is 3.42. The van der Waals surface area contributed by atoms with Crippen molar-refractivity contribution in [2.45, 2.75) is 13.0 Å². The number of nitrogens with zero attached hydrogens (tertiary/aromatic N) is 4. The van der Waals surface area contributed by atoms with Crippen LogP contribution >= 0.6 is 11.6 Å². The Labute approximate surface area is 105 Å². The topological polar surface area (TPSA) is 55.6 Å². The van der Waals surface area contributed by atoms with Crippen molar-refractivity contribution < 1.29 is 0 Å². The molecule has 0 aliphatic heterocycles. The van der Waals surface area contributed by atoms with Crippen molar-refractivity contribution in [1.29, 1.82) is 0 Å². The molecule has 0 atom stereocenters. The first-order chi connectivity index (χ1) is 8.28. The lowest BCUT2D eigenvalue weighted by atomic mass is 10.1. The molecule has 17 heavy (non-hydrogen) atoms. The fraction of sp³-hybridized carbons (Fsp3) is 0.364. The molecule has 0 unspecified atom stereocenters. The maximum absolute atomic E-state index is 5.68. The van der Waals surface area contributed by atoms with E-state index in [2.05, 4.69) is 32.9 Å². The Morgan fingerprint density at radius 2 is 2.06 bits per heavy atom. The molecule has 0 amide bonds. The molecule has 6 heteroatoms. The molecule has 5 nitrogen and oxygen atoms in total. The molecule has 2 aromatic rings. The zero-order valence-electron chi connectivity index (χ0n) is 9.60. The van der Waals surface area contributed by atoms with Crippen molar-refractivity contribution >= 4 is 17.3 Å². The van der Waals surface area contributed by atoms with E-state index in [1.54, 1.807) is 7.05 Å². The van der Waals surface area contributed by atoms with E-state index in [4.69, 9.17) is 11.6 Å². The number of hydrogen-bond acceptors (Lipinski definition) is 4. The fourth-order valence-corrected chi connectivity index (χ4v) is 1.69. The lowest BCUT2D eigenvalue weighted by molar-refractivity contribution is 0.628. The van der Waals surface area contributed by atoms with Crippen LogP contribution in [0.1, 0.15) is 11.4 Å². The molecule has 0 fully saturated rings. The summed E-state index contributed by atoms with van der Waals surface area (Å²) < 4.78 is 0. The van der Waals surface area contributed by atoms with Crippen LogP contribution in [0.15, 0.2) is 24.3 Å². The van der Waals surface area contributed by atoms with E-state index in [0.29, 0.717) is 18.2 Å². The van der Waals surface area contributed by atoms with Gasteiger partial charge in [0, 0.05) is 11.6 Å². The average molecular weight is 252 g/mol. The summed E-state index contributed by atoms with van der Waals surface area (Å²) in [5.74, 6) is 1.33. The molecule has 1 aromatic heterocycles. The van der Waals surface area contributed by atoms with Crippen LogP contribution in [0, 0.1) is 0 Å². The van der Waals surface area contributed by atoms with Gasteiger partial charge in [-0.05, 0) is 29.3 Å². The number of hydrogen-bond donors (Lipinski definition) is 1. The Morgan fingerprint density at radius 1 is 1.29 bits per heavy atom. The van der Waals surface area contributed by atoms with E-state index in [-0.39, 0.29) is 0 Å². The van der Waals surface area contributed by atoms with Gasteiger partial charge in [-0.3, -0.25) is 0 Å². The van der Waals surface area contributed by atoms with Crippen LogP contribution in [0.4, 0.5) is 5.69 Å². The van der Waals surface area contributed by atoms with Crippen molar-refractivity contribution in [3.05, 3.63) is 35.7 Å². The number of nitrogens with one attached hydrogen (secondary N) is 1. The maximum atomic E-state index is 5.68. The van der Waals surface area contributed by atoms with Crippen molar-refractivity contribution in [3.63, 3.8) is 0 Å². The highest BCUT2D eigenvalue weighted by atomic mass is 35.5. The Morgan fingerprint density at radius 3 is 2.65 bits per heavy atom. The molecule has 0 saturated heterocycles. The summed E-state index contributed by atoms with van der Waals surface area (Å²) in [6.07, 6.45) is 0.896. The summed E-state index contributed by atoms with van der Waals surface area (Å²) in [7, 11) is 1.75. The molecule has 1 heterocycles. The van der Waals surface area contributed by atoms with Gasteiger partial charge in [-0.25, -0.2) is 0 Å². The van der Waals surface area contributed by atoms with Gasteiger partial charge in [-0.1, -0.05) is 12.1 Å². The summed E-state index contributed by atoms with van der Waals surface area (Å²) in [6.45, 7) is 0.572. The summed E-state index contributed by atoms with van der Waals surface area (Å²) in [5, 5.41) is 15.0. The van der Waals surface area contributed by atoms with Gasteiger partial charge in [0.05, 0.1) is 13.6 Å². The number of alkyl halides is 1. The molecule has 0 aliphatic carbocycles. The second-order valence-electron chi connectivity index (χ2n) is 3.68. The highest BCUT2D eigenvalue weighted by Gasteiger charge is 2.00. The van der Waals surface area contributed by atoms with Gasteiger partial charge in [-0.2, -0.15) is 4.80 Å². The standard InChI is InChI=1S/C11H14ClN5/c1-17-15-11(14-16-17)8-13-10-4-2-9(3-5-10)6-7-12/h2-5,13H,6-8H2,1H3. The highest BCUT2D eigenvalue weighted by Crippen LogP contribution is 2.11. The molecule has 0 aliphatic rings. The molecule has 0 radical (unpaired) electrons. The van der Waals surface area contributed by atoms with E-state index in [1.165, 1.54) is 10.4 Å². The van der Waals surface area contributed by atoms with E-state index in [9.17, 15) is 0 Å². The van der Waals surface area contributed by atoms with Gasteiger partial charge in [0.1, 0.15) is 0 Å². The van der Waals surface area contributed by atoms with Gasteiger partial charge < -0.3 is 5.32 Å². The number of benzene rings is 1. The molecular formula is C11H14ClN5. The van der Waals surface area contributed by atoms with Crippen molar-refractivity contribution in [2.24, 2.45) is 7.05 Å². The predicted octanol–water partition coefficient (Wildman–Crippen LogP) is 1.60. The monoisotopic (exact) mass is 251 g/mol. The first-order valence-corrected chi connectivity index (χ1v) is 5.93. The van der Waals surface area contributed by atoms with E-state index < -0.39 is 0 Å².